The molecule has 2 nitrogen and oxygen atoms in total. The lowest BCUT2D eigenvalue weighted by Crippen LogP contribution is -2.11. The molecule has 0 aliphatic rings. The smallest absolute Gasteiger partial charge is 0.186 e. The molecule has 0 saturated carbocycles. The Morgan fingerprint density at radius 3 is 2.67 bits per heavy atom. The van der Waals surface area contributed by atoms with E-state index in [1.54, 1.807) is 17.5 Å². The van der Waals surface area contributed by atoms with E-state index in [-0.39, 0.29) is 16.4 Å². The van der Waals surface area contributed by atoms with Crippen LogP contribution >= 0.6 is 27.3 Å². The monoisotopic (exact) mass is 346 g/mol. The van der Waals surface area contributed by atoms with Gasteiger partial charge in [0.15, 0.2) is 5.78 Å². The van der Waals surface area contributed by atoms with E-state index in [0.29, 0.717) is 9.35 Å². The van der Waals surface area contributed by atoms with Crippen LogP contribution in [0.5, 0.6) is 0 Å². The highest BCUT2D eigenvalue weighted by molar-refractivity contribution is 9.10. The second kappa shape index (κ2) is 5.86. The van der Waals surface area contributed by atoms with Gasteiger partial charge in [0, 0.05) is 4.47 Å². The van der Waals surface area contributed by atoms with Gasteiger partial charge in [-0.05, 0) is 39.5 Å². The van der Waals surface area contributed by atoms with Crippen molar-refractivity contribution in [3.63, 3.8) is 0 Å². The molecule has 1 heterocycles. The lowest BCUT2D eigenvalue weighted by Gasteiger charge is -2.02. The molecule has 0 aliphatic heterocycles. The Balaban J connectivity index is 2.16. The van der Waals surface area contributed by atoms with Crippen molar-refractivity contribution in [1.82, 2.24) is 0 Å². The average Bonchev–Trinajstić information content (AvgIpc) is 2.76. The first-order valence-corrected chi connectivity index (χ1v) is 7.98. The Morgan fingerprint density at radius 2 is 2.06 bits per heavy atom. The molecule has 0 spiro atoms. The summed E-state index contributed by atoms with van der Waals surface area (Å²) in [5.41, 5.74) is 0. The highest BCUT2D eigenvalue weighted by atomic mass is 79.9. The van der Waals surface area contributed by atoms with Gasteiger partial charge in [-0.15, -0.1) is 11.3 Å². The highest BCUT2D eigenvalue weighted by Gasteiger charge is 2.17. The minimum Gasteiger partial charge on any atom is -0.292 e. The standard InChI is InChI=1S/C12H8BrFO2S2/c13-8-5-6-17-12(8)10(15)7-18(16)11-4-2-1-3-9(11)14/h1-6H,7H2. The summed E-state index contributed by atoms with van der Waals surface area (Å²) in [7, 11) is -1.66. The van der Waals surface area contributed by atoms with Crippen molar-refractivity contribution in [2.45, 2.75) is 4.90 Å². The molecule has 18 heavy (non-hydrogen) atoms. The van der Waals surface area contributed by atoms with Gasteiger partial charge in [0.1, 0.15) is 5.82 Å². The molecule has 1 aromatic carbocycles. The number of rotatable bonds is 4. The van der Waals surface area contributed by atoms with Crippen LogP contribution in [0.1, 0.15) is 9.67 Å². The Hall–Kier alpha value is -0.850. The number of thiophene rings is 1. The zero-order chi connectivity index (χ0) is 13.1. The van der Waals surface area contributed by atoms with E-state index in [9.17, 15) is 13.4 Å². The van der Waals surface area contributed by atoms with Crippen LogP contribution in [-0.4, -0.2) is 15.7 Å². The second-order valence-electron chi connectivity index (χ2n) is 3.44. The van der Waals surface area contributed by atoms with E-state index in [4.69, 9.17) is 0 Å². The molecule has 2 rings (SSSR count). The molecular weight excluding hydrogens is 339 g/mol. The van der Waals surface area contributed by atoms with Gasteiger partial charge >= 0.3 is 0 Å². The first-order valence-electron chi connectivity index (χ1n) is 4.98. The van der Waals surface area contributed by atoms with Gasteiger partial charge in [-0.2, -0.15) is 0 Å². The molecule has 1 atom stereocenters. The Labute approximate surface area is 118 Å². The summed E-state index contributed by atoms with van der Waals surface area (Å²) in [5.74, 6) is -1.01. The summed E-state index contributed by atoms with van der Waals surface area (Å²) in [6.07, 6.45) is 0. The molecule has 1 unspecified atom stereocenters. The van der Waals surface area contributed by atoms with E-state index in [1.165, 1.54) is 29.5 Å². The fourth-order valence-electron chi connectivity index (χ4n) is 1.38. The molecule has 0 bridgehead atoms. The van der Waals surface area contributed by atoms with E-state index in [1.807, 2.05) is 0 Å². The van der Waals surface area contributed by atoms with Crippen molar-refractivity contribution in [3.8, 4) is 0 Å². The Kier molecular flexibility index (Phi) is 4.42. The normalized spacial score (nSPS) is 12.3. The topological polar surface area (TPSA) is 34.1 Å². The maximum absolute atomic E-state index is 13.4. The van der Waals surface area contributed by atoms with Crippen LogP contribution in [0.3, 0.4) is 0 Å². The molecular formula is C12H8BrFO2S2. The molecule has 0 saturated heterocycles. The number of hydrogen-bond acceptors (Lipinski definition) is 3. The minimum absolute atomic E-state index is 0.0681. The Morgan fingerprint density at radius 1 is 1.33 bits per heavy atom. The van der Waals surface area contributed by atoms with Crippen LogP contribution in [0.2, 0.25) is 0 Å². The first kappa shape index (κ1) is 13.6. The highest BCUT2D eigenvalue weighted by Crippen LogP contribution is 2.24. The number of halogens is 2. The SMILES string of the molecule is O=C(CS(=O)c1ccccc1F)c1sccc1Br. The molecule has 1 aromatic heterocycles. The number of ketones is 1. The van der Waals surface area contributed by atoms with Gasteiger partial charge in [-0.1, -0.05) is 12.1 Å². The Bertz CT molecular complexity index is 610. The number of carbonyl (C=O) groups is 1. The van der Waals surface area contributed by atoms with Crippen LogP contribution in [-0.2, 0) is 10.8 Å². The third-order valence-corrected chi connectivity index (χ3v) is 5.44. The van der Waals surface area contributed by atoms with Crippen molar-refractivity contribution in [1.29, 1.82) is 0 Å². The largest absolute Gasteiger partial charge is 0.292 e. The predicted octanol–water partition coefficient (Wildman–Crippen LogP) is 3.64. The second-order valence-corrected chi connectivity index (χ2v) is 6.63. The molecule has 0 aliphatic carbocycles. The third kappa shape index (κ3) is 2.93. The fourth-order valence-corrected chi connectivity index (χ4v) is 4.06. The number of Topliss-reactive ketones (excluding diaryl/α,β-unsaturated/α-hetero) is 1. The summed E-state index contributed by atoms with van der Waals surface area (Å²) in [5, 5.41) is 1.77. The maximum Gasteiger partial charge on any atom is 0.186 e. The molecule has 6 heteroatoms. The van der Waals surface area contributed by atoms with Crippen LogP contribution in [0.15, 0.2) is 45.1 Å². The van der Waals surface area contributed by atoms with Gasteiger partial charge in [0.25, 0.3) is 0 Å². The fraction of sp³-hybridized carbons (Fsp3) is 0.0833. The molecule has 0 amide bonds. The van der Waals surface area contributed by atoms with Gasteiger partial charge in [-0.3, -0.25) is 9.00 Å². The van der Waals surface area contributed by atoms with Crippen LogP contribution < -0.4 is 0 Å². The summed E-state index contributed by atoms with van der Waals surface area (Å²) in [6, 6.07) is 7.54. The molecule has 2 aromatic rings. The van der Waals surface area contributed by atoms with Gasteiger partial charge in [0.05, 0.1) is 26.3 Å². The van der Waals surface area contributed by atoms with Crippen molar-refractivity contribution < 1.29 is 13.4 Å². The van der Waals surface area contributed by atoms with Gasteiger partial charge in [-0.25, -0.2) is 4.39 Å². The zero-order valence-electron chi connectivity index (χ0n) is 9.06. The summed E-state index contributed by atoms with van der Waals surface area (Å²) < 4.78 is 26.0. The maximum atomic E-state index is 13.4. The predicted molar refractivity (Wildman–Crippen MR) is 74.0 cm³/mol. The molecule has 0 fully saturated rings. The molecule has 0 radical (unpaired) electrons. The minimum atomic E-state index is -1.66. The van der Waals surface area contributed by atoms with E-state index >= 15 is 0 Å². The van der Waals surface area contributed by atoms with Crippen molar-refractivity contribution in [2.75, 3.05) is 5.75 Å². The van der Waals surface area contributed by atoms with Crippen molar-refractivity contribution in [3.05, 3.63) is 50.9 Å². The van der Waals surface area contributed by atoms with Crippen molar-refractivity contribution >= 4 is 43.8 Å². The number of hydrogen-bond donors (Lipinski definition) is 0. The third-order valence-electron chi connectivity index (χ3n) is 2.21. The quantitative estimate of drug-likeness (QED) is 0.792. The van der Waals surface area contributed by atoms with Crippen LogP contribution in [0.25, 0.3) is 0 Å². The first-order chi connectivity index (χ1) is 8.59. The number of benzene rings is 1. The lowest BCUT2D eigenvalue weighted by molar-refractivity contribution is 0.102. The number of carbonyl (C=O) groups excluding carboxylic acids is 1. The molecule has 94 valence electrons. The van der Waals surface area contributed by atoms with Gasteiger partial charge in [0.2, 0.25) is 0 Å². The van der Waals surface area contributed by atoms with Crippen LogP contribution in [0.4, 0.5) is 4.39 Å². The van der Waals surface area contributed by atoms with E-state index in [2.05, 4.69) is 15.9 Å². The summed E-state index contributed by atoms with van der Waals surface area (Å²) in [4.78, 5) is 12.5. The summed E-state index contributed by atoms with van der Waals surface area (Å²) in [6.45, 7) is 0. The molecule has 0 N–H and O–H groups in total. The lowest BCUT2D eigenvalue weighted by atomic mass is 10.3. The zero-order valence-corrected chi connectivity index (χ0v) is 12.3. The van der Waals surface area contributed by atoms with Gasteiger partial charge < -0.3 is 0 Å². The van der Waals surface area contributed by atoms with Crippen molar-refractivity contribution in [2.24, 2.45) is 0 Å². The van der Waals surface area contributed by atoms with E-state index < -0.39 is 16.6 Å². The van der Waals surface area contributed by atoms with Crippen LogP contribution in [0, 0.1) is 5.82 Å². The average molecular weight is 347 g/mol. The van der Waals surface area contributed by atoms with E-state index in [0.717, 1.165) is 0 Å². The summed E-state index contributed by atoms with van der Waals surface area (Å²) >= 11 is 4.52.